The van der Waals surface area contributed by atoms with Gasteiger partial charge in [-0.1, -0.05) is 0 Å². The lowest BCUT2D eigenvalue weighted by atomic mass is 9.60. The predicted octanol–water partition coefficient (Wildman–Crippen LogP) is -2.83. The fraction of sp³-hybridized carbons (Fsp3) is 0.750. The van der Waals surface area contributed by atoms with Crippen LogP contribution in [0.1, 0.15) is 6.42 Å². The van der Waals surface area contributed by atoms with Gasteiger partial charge in [-0.15, -0.1) is 0 Å². The van der Waals surface area contributed by atoms with Gasteiger partial charge < -0.3 is 29.5 Å². The van der Waals surface area contributed by atoms with Gasteiger partial charge in [0.25, 0.3) is 0 Å². The molecule has 5 rings (SSSR count). The van der Waals surface area contributed by atoms with Crippen molar-refractivity contribution < 1.29 is 43.9 Å². The first-order valence-electron chi connectivity index (χ1n) is 6.54. The van der Waals surface area contributed by atoms with Crippen LogP contribution < -0.4 is 0 Å². The molecule has 2 aliphatic carbocycles. The van der Waals surface area contributed by atoms with E-state index in [2.05, 4.69) is 0 Å². The zero-order valence-corrected chi connectivity index (χ0v) is 10.4. The van der Waals surface area contributed by atoms with Crippen LogP contribution >= 0.6 is 0 Å². The van der Waals surface area contributed by atoms with Gasteiger partial charge in [0.2, 0.25) is 0 Å². The van der Waals surface area contributed by atoms with E-state index < -0.39 is 64.9 Å². The van der Waals surface area contributed by atoms with Gasteiger partial charge in [-0.2, -0.15) is 0 Å². The summed E-state index contributed by atoms with van der Waals surface area (Å²) in [7, 11) is 0. The number of carbonyl (C=O) groups excluding carboxylic acids is 2. The molecule has 0 aromatic carbocycles. The van der Waals surface area contributed by atoms with Gasteiger partial charge in [-0.3, -0.25) is 9.59 Å². The van der Waals surface area contributed by atoms with E-state index in [0.29, 0.717) is 0 Å². The van der Waals surface area contributed by atoms with Gasteiger partial charge in [-0.25, -0.2) is 4.79 Å². The fourth-order valence-electron chi connectivity index (χ4n) is 4.77. The van der Waals surface area contributed by atoms with E-state index in [-0.39, 0.29) is 6.42 Å². The van der Waals surface area contributed by atoms with Crippen molar-refractivity contribution in [1.29, 1.82) is 0 Å². The summed E-state index contributed by atoms with van der Waals surface area (Å²) in [6.07, 6.45) is -4.13. The summed E-state index contributed by atoms with van der Waals surface area (Å²) in [6.45, 7) is 0. The fourth-order valence-corrected chi connectivity index (χ4v) is 4.77. The lowest BCUT2D eigenvalue weighted by Gasteiger charge is -2.49. The molecule has 8 atom stereocenters. The molecule has 0 radical (unpaired) electrons. The van der Waals surface area contributed by atoms with E-state index in [1.165, 1.54) is 0 Å². The first-order valence-corrected chi connectivity index (χ1v) is 6.54. The second kappa shape index (κ2) is 2.79. The molecule has 0 spiro atoms. The van der Waals surface area contributed by atoms with E-state index in [9.17, 15) is 29.7 Å². The standard InChI is InChI=1S/C12H10O9/c13-6(14)2-3-7(15)19-4(2)5-12(18)8-10(21-8,9(16)20-5)1-11(3,12)17/h2-5,8,17-18H,1H2,(H,13,14)/t2-,3?,4?,5+,8+,10?,11+,12+/m0/s1. The average molecular weight is 298 g/mol. The summed E-state index contributed by atoms with van der Waals surface area (Å²) < 4.78 is 15.3. The maximum absolute atomic E-state index is 12.0. The van der Waals surface area contributed by atoms with Crippen molar-refractivity contribution in [2.75, 3.05) is 0 Å². The molecule has 21 heavy (non-hydrogen) atoms. The normalized spacial score (nSPS) is 61.9. The topological polar surface area (TPSA) is 143 Å². The zero-order valence-electron chi connectivity index (χ0n) is 10.4. The minimum Gasteiger partial charge on any atom is -0.481 e. The van der Waals surface area contributed by atoms with Crippen molar-refractivity contribution in [3.05, 3.63) is 0 Å². The summed E-state index contributed by atoms with van der Waals surface area (Å²) in [6, 6.07) is 0. The molecule has 3 unspecified atom stereocenters. The highest BCUT2D eigenvalue weighted by Gasteiger charge is 2.95. The Labute approximate surface area is 116 Å². The highest BCUT2D eigenvalue weighted by molar-refractivity contribution is 5.92. The Morgan fingerprint density at radius 3 is 2.62 bits per heavy atom. The number of carboxylic acids is 1. The van der Waals surface area contributed by atoms with E-state index in [1.54, 1.807) is 0 Å². The zero-order chi connectivity index (χ0) is 14.9. The Balaban J connectivity index is 1.77. The van der Waals surface area contributed by atoms with Gasteiger partial charge in [-0.05, 0) is 0 Å². The Kier molecular flexibility index (Phi) is 1.58. The number of carbonyl (C=O) groups is 3. The van der Waals surface area contributed by atoms with Crippen LogP contribution in [0.2, 0.25) is 0 Å². The van der Waals surface area contributed by atoms with Crippen LogP contribution in [0.5, 0.6) is 0 Å². The molecular formula is C12H10O9. The van der Waals surface area contributed by atoms with Crippen molar-refractivity contribution in [2.24, 2.45) is 11.8 Å². The molecule has 0 amide bonds. The smallest absolute Gasteiger partial charge is 0.341 e. The van der Waals surface area contributed by atoms with Crippen molar-refractivity contribution in [2.45, 2.75) is 41.5 Å². The third-order valence-electron chi connectivity index (χ3n) is 5.65. The number of hydrogen-bond donors (Lipinski definition) is 3. The van der Waals surface area contributed by atoms with E-state index >= 15 is 0 Å². The van der Waals surface area contributed by atoms with Crippen LogP contribution in [0.3, 0.4) is 0 Å². The SMILES string of the molecule is O=C1OC2[C@@H](C(=O)O)C1[C@]1(O)CC34O[C@H]3[C@]1(O)[C@@H]2OC4=O. The lowest BCUT2D eigenvalue weighted by Crippen LogP contribution is -2.73. The first-order chi connectivity index (χ1) is 9.77. The second-order valence-corrected chi connectivity index (χ2v) is 6.38. The number of aliphatic hydroxyl groups is 2. The van der Waals surface area contributed by atoms with E-state index in [4.69, 9.17) is 14.2 Å². The highest BCUT2D eigenvalue weighted by atomic mass is 16.7. The highest BCUT2D eigenvalue weighted by Crippen LogP contribution is 2.71. The third-order valence-corrected chi connectivity index (χ3v) is 5.65. The molecule has 3 saturated heterocycles. The molecule has 2 saturated carbocycles. The minimum atomic E-state index is -2.11. The average Bonchev–Trinajstić information content (AvgIpc) is 2.98. The molecule has 3 aliphatic heterocycles. The molecule has 112 valence electrons. The van der Waals surface area contributed by atoms with Gasteiger partial charge in [0, 0.05) is 6.42 Å². The van der Waals surface area contributed by atoms with Crippen LogP contribution in [-0.2, 0) is 28.6 Å². The van der Waals surface area contributed by atoms with Crippen LogP contribution in [-0.4, -0.2) is 68.3 Å². The quantitative estimate of drug-likeness (QED) is 0.345. The summed E-state index contributed by atoms with van der Waals surface area (Å²) in [5.74, 6) is -5.81. The summed E-state index contributed by atoms with van der Waals surface area (Å²) >= 11 is 0. The number of rotatable bonds is 1. The second-order valence-electron chi connectivity index (χ2n) is 6.38. The molecule has 3 heterocycles. The Bertz CT molecular complexity index is 645. The minimum absolute atomic E-state index is 0.368. The number of epoxide rings is 1. The van der Waals surface area contributed by atoms with Gasteiger partial charge >= 0.3 is 17.9 Å². The van der Waals surface area contributed by atoms with Crippen LogP contribution in [0.4, 0.5) is 0 Å². The number of ether oxygens (including phenoxy) is 3. The molecule has 5 fully saturated rings. The van der Waals surface area contributed by atoms with Crippen LogP contribution in [0.15, 0.2) is 0 Å². The molecule has 5 aliphatic rings. The largest absolute Gasteiger partial charge is 0.481 e. The molecule has 0 aromatic rings. The predicted molar refractivity (Wildman–Crippen MR) is 56.5 cm³/mol. The maximum atomic E-state index is 12.0. The molecule has 0 aromatic heterocycles. The molecule has 9 nitrogen and oxygen atoms in total. The molecule has 4 bridgehead atoms. The number of aliphatic carboxylic acids is 1. The first kappa shape index (κ1) is 11.9. The summed E-state index contributed by atoms with van der Waals surface area (Å²) in [4.78, 5) is 35.5. The van der Waals surface area contributed by atoms with Crippen molar-refractivity contribution >= 4 is 17.9 Å². The molecular weight excluding hydrogens is 288 g/mol. The van der Waals surface area contributed by atoms with Gasteiger partial charge in [0.05, 0.1) is 0 Å². The van der Waals surface area contributed by atoms with Gasteiger partial charge in [0.1, 0.15) is 23.5 Å². The number of fused-ring (bicyclic) bond motifs is 4. The van der Waals surface area contributed by atoms with Crippen LogP contribution in [0, 0.1) is 11.8 Å². The van der Waals surface area contributed by atoms with Crippen LogP contribution in [0.25, 0.3) is 0 Å². The monoisotopic (exact) mass is 298 g/mol. The number of hydrogen-bond acceptors (Lipinski definition) is 8. The maximum Gasteiger partial charge on any atom is 0.341 e. The lowest BCUT2D eigenvalue weighted by molar-refractivity contribution is -0.261. The van der Waals surface area contributed by atoms with E-state index in [0.717, 1.165) is 0 Å². The Morgan fingerprint density at radius 2 is 1.95 bits per heavy atom. The third kappa shape index (κ3) is 0.879. The Hall–Kier alpha value is -1.71. The van der Waals surface area contributed by atoms with Crippen molar-refractivity contribution in [3.8, 4) is 0 Å². The number of carboxylic acid groups (broad SMARTS) is 1. The van der Waals surface area contributed by atoms with Gasteiger partial charge in [0.15, 0.2) is 23.4 Å². The summed E-state index contributed by atoms with van der Waals surface area (Å²) in [5, 5.41) is 31.1. The molecule has 9 heteroatoms. The van der Waals surface area contributed by atoms with Crippen molar-refractivity contribution in [1.82, 2.24) is 0 Å². The number of esters is 2. The molecule has 3 N–H and O–H groups in total. The summed E-state index contributed by atoms with van der Waals surface area (Å²) in [5.41, 5.74) is -5.60. The van der Waals surface area contributed by atoms with E-state index in [1.807, 2.05) is 0 Å². The van der Waals surface area contributed by atoms with Crippen molar-refractivity contribution in [3.63, 3.8) is 0 Å². The Morgan fingerprint density at radius 1 is 1.24 bits per heavy atom.